The van der Waals surface area contributed by atoms with Crippen LogP contribution in [0.2, 0.25) is 0 Å². The van der Waals surface area contributed by atoms with Gasteiger partial charge in [-0.1, -0.05) is 11.8 Å². The Labute approximate surface area is 164 Å². The molecule has 2 aliphatic rings. The van der Waals surface area contributed by atoms with E-state index in [-0.39, 0.29) is 11.9 Å². The van der Waals surface area contributed by atoms with E-state index in [0.717, 1.165) is 60.5 Å². The van der Waals surface area contributed by atoms with Crippen LogP contribution in [0.4, 0.5) is 0 Å². The summed E-state index contributed by atoms with van der Waals surface area (Å²) in [7, 11) is 0. The molecule has 2 aromatic rings. The van der Waals surface area contributed by atoms with Gasteiger partial charge in [-0.15, -0.1) is 10.2 Å². The number of Topliss-reactive ketones (excluding diaryl/α,β-unsaturated/α-hetero) is 1. The van der Waals surface area contributed by atoms with Gasteiger partial charge in [0.2, 0.25) is 0 Å². The minimum atomic E-state index is 0.158. The molecule has 146 valence electrons. The number of hydrogen-bond donors (Lipinski definition) is 0. The average molecular weight is 389 g/mol. The number of aryl methyl sites for hydroxylation is 1. The Morgan fingerprint density at radius 3 is 2.74 bits per heavy atom. The number of rotatable bonds is 8. The lowest BCUT2D eigenvalue weighted by Crippen LogP contribution is -2.17. The Balaban J connectivity index is 1.44. The van der Waals surface area contributed by atoms with Gasteiger partial charge >= 0.3 is 0 Å². The first kappa shape index (κ1) is 18.7. The number of ether oxygens (including phenoxy) is 1. The van der Waals surface area contributed by atoms with Gasteiger partial charge in [0.1, 0.15) is 5.82 Å². The van der Waals surface area contributed by atoms with E-state index in [1.165, 1.54) is 24.6 Å². The van der Waals surface area contributed by atoms with Gasteiger partial charge in [-0.2, -0.15) is 0 Å². The van der Waals surface area contributed by atoms with Crippen LogP contribution in [0.15, 0.2) is 11.2 Å². The molecule has 0 radical (unpaired) electrons. The van der Waals surface area contributed by atoms with Crippen molar-refractivity contribution in [3.8, 4) is 0 Å². The fourth-order valence-electron chi connectivity index (χ4n) is 3.91. The largest absolute Gasteiger partial charge is 0.376 e. The van der Waals surface area contributed by atoms with Crippen molar-refractivity contribution in [2.75, 3.05) is 12.4 Å². The molecule has 0 amide bonds. The molecule has 2 fully saturated rings. The van der Waals surface area contributed by atoms with Crippen molar-refractivity contribution in [2.24, 2.45) is 0 Å². The van der Waals surface area contributed by atoms with E-state index in [1.807, 2.05) is 13.0 Å². The molecule has 2 aromatic heterocycles. The average Bonchev–Trinajstić information content (AvgIpc) is 3.11. The normalized spacial score (nSPS) is 19.7. The van der Waals surface area contributed by atoms with E-state index in [1.54, 1.807) is 0 Å². The van der Waals surface area contributed by atoms with E-state index in [4.69, 9.17) is 4.74 Å². The van der Waals surface area contributed by atoms with Crippen molar-refractivity contribution in [1.82, 2.24) is 19.3 Å². The summed E-state index contributed by atoms with van der Waals surface area (Å²) in [4.78, 5) is 12.9. The summed E-state index contributed by atoms with van der Waals surface area (Å²) < 4.78 is 10.2. The van der Waals surface area contributed by atoms with E-state index >= 15 is 0 Å². The van der Waals surface area contributed by atoms with Crippen molar-refractivity contribution in [2.45, 2.75) is 76.7 Å². The second-order valence-electron chi connectivity index (χ2n) is 7.60. The predicted molar refractivity (Wildman–Crippen MR) is 106 cm³/mol. The molecule has 1 unspecified atom stereocenters. The molecule has 1 atom stereocenters. The Bertz CT molecular complexity index is 831. The van der Waals surface area contributed by atoms with Crippen molar-refractivity contribution >= 4 is 17.5 Å². The number of hydrogen-bond acceptors (Lipinski definition) is 5. The third kappa shape index (κ3) is 3.85. The fraction of sp³-hybridized carbons (Fsp3) is 0.650. The number of aromatic nitrogens is 4. The monoisotopic (exact) mass is 388 g/mol. The maximum absolute atomic E-state index is 12.9. The Kier molecular flexibility index (Phi) is 5.41. The highest BCUT2D eigenvalue weighted by atomic mass is 32.2. The van der Waals surface area contributed by atoms with Gasteiger partial charge in [0.05, 0.1) is 11.9 Å². The van der Waals surface area contributed by atoms with Crippen molar-refractivity contribution < 1.29 is 9.53 Å². The van der Waals surface area contributed by atoms with Crippen LogP contribution in [0.3, 0.4) is 0 Å². The molecular formula is C20H28N4O2S. The lowest BCUT2D eigenvalue weighted by Gasteiger charge is -2.14. The Morgan fingerprint density at radius 2 is 2.07 bits per heavy atom. The van der Waals surface area contributed by atoms with Crippen molar-refractivity contribution in [3.05, 3.63) is 28.8 Å². The van der Waals surface area contributed by atoms with Crippen LogP contribution < -0.4 is 0 Å². The lowest BCUT2D eigenvalue weighted by atomic mass is 10.2. The first-order valence-corrected chi connectivity index (χ1v) is 10.9. The maximum atomic E-state index is 12.9. The molecule has 27 heavy (non-hydrogen) atoms. The maximum Gasteiger partial charge on any atom is 0.191 e. The third-order valence-electron chi connectivity index (χ3n) is 5.62. The zero-order valence-electron chi connectivity index (χ0n) is 16.4. The van der Waals surface area contributed by atoms with E-state index in [2.05, 4.69) is 33.2 Å². The summed E-state index contributed by atoms with van der Waals surface area (Å²) >= 11 is 1.50. The second-order valence-corrected chi connectivity index (χ2v) is 8.54. The highest BCUT2D eigenvalue weighted by Crippen LogP contribution is 2.40. The summed E-state index contributed by atoms with van der Waals surface area (Å²) in [6, 6.07) is 2.02. The second kappa shape index (κ2) is 7.80. The van der Waals surface area contributed by atoms with Gasteiger partial charge < -0.3 is 13.9 Å². The molecule has 0 N–H and O–H groups in total. The third-order valence-corrected chi connectivity index (χ3v) is 6.59. The number of carbonyl (C=O) groups is 1. The molecule has 4 rings (SSSR count). The smallest absolute Gasteiger partial charge is 0.191 e. The minimum absolute atomic E-state index is 0.158. The van der Waals surface area contributed by atoms with Crippen LogP contribution in [-0.2, 0) is 17.8 Å². The van der Waals surface area contributed by atoms with Gasteiger partial charge in [-0.05, 0) is 52.5 Å². The quantitative estimate of drug-likeness (QED) is 0.509. The minimum Gasteiger partial charge on any atom is -0.376 e. The van der Waals surface area contributed by atoms with Crippen LogP contribution in [0.1, 0.15) is 66.1 Å². The van der Waals surface area contributed by atoms with Crippen LogP contribution in [-0.4, -0.2) is 43.6 Å². The lowest BCUT2D eigenvalue weighted by molar-refractivity contribution is 0.0957. The standard InChI is InChI=1S/C20H28N4O2S/c1-4-23-19(15-7-8-15)21-22-20(23)27-12-18(25)17-10-13(2)24(14(17)3)11-16-6-5-9-26-16/h10,15-16H,4-9,11-12H2,1-3H3. The van der Waals surface area contributed by atoms with Crippen molar-refractivity contribution in [1.29, 1.82) is 0 Å². The molecule has 3 heterocycles. The van der Waals surface area contributed by atoms with Gasteiger partial charge in [-0.25, -0.2) is 0 Å². The summed E-state index contributed by atoms with van der Waals surface area (Å²) in [5, 5.41) is 9.55. The fourth-order valence-corrected chi connectivity index (χ4v) is 4.80. The zero-order valence-corrected chi connectivity index (χ0v) is 17.2. The SMILES string of the molecule is CCn1c(SCC(=O)c2cc(C)n(CC3CCCO3)c2C)nnc1C1CC1. The van der Waals surface area contributed by atoms with E-state index in [9.17, 15) is 4.79 Å². The summed E-state index contributed by atoms with van der Waals surface area (Å²) in [6.07, 6.45) is 4.92. The van der Waals surface area contributed by atoms with Crippen LogP contribution >= 0.6 is 11.8 Å². The Hall–Kier alpha value is -1.60. The molecule has 6 nitrogen and oxygen atoms in total. The van der Waals surface area contributed by atoms with Gasteiger partial charge in [0.15, 0.2) is 10.9 Å². The highest BCUT2D eigenvalue weighted by molar-refractivity contribution is 7.99. The summed E-state index contributed by atoms with van der Waals surface area (Å²) in [5.74, 6) is 2.21. The molecule has 1 saturated heterocycles. The van der Waals surface area contributed by atoms with Gasteiger partial charge in [-0.3, -0.25) is 4.79 Å². The van der Waals surface area contributed by atoms with Crippen LogP contribution in [0, 0.1) is 13.8 Å². The van der Waals surface area contributed by atoms with E-state index in [0.29, 0.717) is 11.7 Å². The first-order valence-electron chi connectivity index (χ1n) is 9.96. The van der Waals surface area contributed by atoms with E-state index < -0.39 is 0 Å². The van der Waals surface area contributed by atoms with Gasteiger partial charge in [0, 0.05) is 42.6 Å². The molecule has 1 aliphatic heterocycles. The molecule has 0 bridgehead atoms. The molecule has 0 aromatic carbocycles. The number of ketones is 1. The molecule has 0 spiro atoms. The molecule has 1 aliphatic carbocycles. The summed E-state index contributed by atoms with van der Waals surface area (Å²) in [6.45, 7) is 8.77. The number of carbonyl (C=O) groups excluding carboxylic acids is 1. The topological polar surface area (TPSA) is 61.9 Å². The van der Waals surface area contributed by atoms with Gasteiger partial charge in [0.25, 0.3) is 0 Å². The summed E-state index contributed by atoms with van der Waals surface area (Å²) in [5.41, 5.74) is 3.00. The number of thioether (sulfide) groups is 1. The van der Waals surface area contributed by atoms with Crippen LogP contribution in [0.5, 0.6) is 0 Å². The van der Waals surface area contributed by atoms with Crippen molar-refractivity contribution in [3.63, 3.8) is 0 Å². The predicted octanol–water partition coefficient (Wildman–Crippen LogP) is 3.75. The molecular weight excluding hydrogens is 360 g/mol. The molecule has 7 heteroatoms. The highest BCUT2D eigenvalue weighted by Gasteiger charge is 2.30. The Morgan fingerprint density at radius 1 is 1.26 bits per heavy atom. The first-order chi connectivity index (χ1) is 13.1. The van der Waals surface area contributed by atoms with Crippen LogP contribution in [0.25, 0.3) is 0 Å². The molecule has 1 saturated carbocycles. The number of nitrogens with zero attached hydrogens (tertiary/aromatic N) is 4. The zero-order chi connectivity index (χ0) is 19.0.